The molecule has 0 heterocycles. The number of halogens is 3. The highest BCUT2D eigenvalue weighted by molar-refractivity contribution is 5.84. The molecule has 1 unspecified atom stereocenters. The molecule has 0 aliphatic carbocycles. The second-order valence-corrected chi connectivity index (χ2v) is 5.16. The van der Waals surface area contributed by atoms with E-state index >= 15 is 0 Å². The van der Waals surface area contributed by atoms with Crippen LogP contribution >= 0.6 is 0 Å². The van der Waals surface area contributed by atoms with E-state index in [1.807, 2.05) is 0 Å². The minimum Gasteiger partial charge on any atom is -0.374 e. The molecule has 1 amide bonds. The van der Waals surface area contributed by atoms with Gasteiger partial charge in [0.2, 0.25) is 5.91 Å². The first kappa shape index (κ1) is 16.9. The first-order chi connectivity index (χ1) is 11.0. The number of benzene rings is 2. The lowest BCUT2D eigenvalue weighted by Gasteiger charge is -2.15. The Labute approximate surface area is 132 Å². The van der Waals surface area contributed by atoms with Crippen LogP contribution in [0.1, 0.15) is 12.5 Å². The Balaban J connectivity index is 1.80. The molecule has 2 aromatic carbocycles. The Kier molecular flexibility index (Phi) is 5.62. The van der Waals surface area contributed by atoms with Crippen LogP contribution in [0, 0.1) is 17.5 Å². The van der Waals surface area contributed by atoms with Crippen LogP contribution in [0.5, 0.6) is 0 Å². The molecule has 23 heavy (non-hydrogen) atoms. The fraction of sp³-hybridized carbons (Fsp3) is 0.235. The SMILES string of the molecule is CC(Nc1ccc(F)c(F)c1)C(=O)NCCc1ccc(F)cc1. The summed E-state index contributed by atoms with van der Waals surface area (Å²) < 4.78 is 38.7. The molecular weight excluding hydrogens is 305 g/mol. The van der Waals surface area contributed by atoms with Gasteiger partial charge in [-0.3, -0.25) is 4.79 Å². The molecule has 6 heteroatoms. The van der Waals surface area contributed by atoms with E-state index in [0.717, 1.165) is 17.7 Å². The Morgan fingerprint density at radius 3 is 2.39 bits per heavy atom. The molecule has 2 aromatic rings. The van der Waals surface area contributed by atoms with Crippen molar-refractivity contribution in [2.24, 2.45) is 0 Å². The summed E-state index contributed by atoms with van der Waals surface area (Å²) in [4.78, 5) is 11.9. The van der Waals surface area contributed by atoms with Gasteiger partial charge in [0.1, 0.15) is 11.9 Å². The highest BCUT2D eigenvalue weighted by Gasteiger charge is 2.13. The third kappa shape index (κ3) is 5.02. The number of amides is 1. The van der Waals surface area contributed by atoms with E-state index in [1.54, 1.807) is 19.1 Å². The topological polar surface area (TPSA) is 41.1 Å². The average molecular weight is 322 g/mol. The van der Waals surface area contributed by atoms with Gasteiger partial charge in [-0.2, -0.15) is 0 Å². The number of hydrogen-bond donors (Lipinski definition) is 2. The van der Waals surface area contributed by atoms with Gasteiger partial charge in [-0.1, -0.05) is 12.1 Å². The number of hydrogen-bond acceptors (Lipinski definition) is 2. The highest BCUT2D eigenvalue weighted by Crippen LogP contribution is 2.14. The predicted molar refractivity (Wildman–Crippen MR) is 82.6 cm³/mol. The summed E-state index contributed by atoms with van der Waals surface area (Å²) in [6.07, 6.45) is 0.573. The van der Waals surface area contributed by atoms with E-state index in [2.05, 4.69) is 10.6 Å². The first-order valence-electron chi connectivity index (χ1n) is 7.19. The Morgan fingerprint density at radius 1 is 1.04 bits per heavy atom. The van der Waals surface area contributed by atoms with Gasteiger partial charge in [-0.05, 0) is 43.2 Å². The zero-order valence-electron chi connectivity index (χ0n) is 12.6. The molecule has 0 saturated heterocycles. The maximum atomic E-state index is 13.1. The summed E-state index contributed by atoms with van der Waals surface area (Å²) in [5.74, 6) is -2.48. The fourth-order valence-electron chi connectivity index (χ4n) is 2.04. The van der Waals surface area contributed by atoms with Gasteiger partial charge in [0, 0.05) is 18.3 Å². The van der Waals surface area contributed by atoms with Crippen LogP contribution in [0.4, 0.5) is 18.9 Å². The second-order valence-electron chi connectivity index (χ2n) is 5.16. The minimum absolute atomic E-state index is 0.267. The third-order valence-electron chi connectivity index (χ3n) is 3.32. The highest BCUT2D eigenvalue weighted by atomic mass is 19.2. The van der Waals surface area contributed by atoms with Crippen molar-refractivity contribution in [2.75, 3.05) is 11.9 Å². The number of nitrogens with one attached hydrogen (secondary N) is 2. The van der Waals surface area contributed by atoms with Crippen molar-refractivity contribution >= 4 is 11.6 Å². The van der Waals surface area contributed by atoms with Crippen LogP contribution in [0.2, 0.25) is 0 Å². The largest absolute Gasteiger partial charge is 0.374 e. The van der Waals surface area contributed by atoms with Gasteiger partial charge in [0.25, 0.3) is 0 Å². The van der Waals surface area contributed by atoms with Crippen LogP contribution in [0.3, 0.4) is 0 Å². The molecule has 1 atom stereocenters. The van der Waals surface area contributed by atoms with Gasteiger partial charge in [-0.25, -0.2) is 13.2 Å². The van der Waals surface area contributed by atoms with Crippen molar-refractivity contribution in [3.8, 4) is 0 Å². The smallest absolute Gasteiger partial charge is 0.242 e. The first-order valence-corrected chi connectivity index (χ1v) is 7.19. The zero-order chi connectivity index (χ0) is 16.8. The van der Waals surface area contributed by atoms with Crippen LogP contribution in [0.15, 0.2) is 42.5 Å². The lowest BCUT2D eigenvalue weighted by molar-refractivity contribution is -0.121. The molecule has 2 rings (SSSR count). The molecule has 0 aromatic heterocycles. The molecule has 0 radical (unpaired) electrons. The van der Waals surface area contributed by atoms with Gasteiger partial charge < -0.3 is 10.6 Å². The van der Waals surface area contributed by atoms with Gasteiger partial charge in [0.05, 0.1) is 0 Å². The summed E-state index contributed by atoms with van der Waals surface area (Å²) in [7, 11) is 0. The third-order valence-corrected chi connectivity index (χ3v) is 3.32. The van der Waals surface area contributed by atoms with Crippen LogP contribution in [-0.2, 0) is 11.2 Å². The van der Waals surface area contributed by atoms with Crippen molar-refractivity contribution in [1.29, 1.82) is 0 Å². The fourth-order valence-corrected chi connectivity index (χ4v) is 2.04. The standard InChI is InChI=1S/C17H17F3N2O/c1-11(22-14-6-7-15(19)16(20)10-14)17(23)21-9-8-12-2-4-13(18)5-3-12/h2-7,10-11,22H,8-9H2,1H3,(H,21,23). The molecule has 0 fully saturated rings. The Hall–Kier alpha value is -2.50. The van der Waals surface area contributed by atoms with E-state index in [0.29, 0.717) is 18.7 Å². The van der Waals surface area contributed by atoms with Crippen LogP contribution in [0.25, 0.3) is 0 Å². The zero-order valence-corrected chi connectivity index (χ0v) is 12.6. The van der Waals surface area contributed by atoms with Crippen molar-refractivity contribution in [2.45, 2.75) is 19.4 Å². The van der Waals surface area contributed by atoms with Crippen LogP contribution in [-0.4, -0.2) is 18.5 Å². The second kappa shape index (κ2) is 7.67. The minimum atomic E-state index is -0.973. The van der Waals surface area contributed by atoms with E-state index in [-0.39, 0.29) is 11.7 Å². The maximum absolute atomic E-state index is 13.1. The maximum Gasteiger partial charge on any atom is 0.242 e. The van der Waals surface area contributed by atoms with E-state index in [9.17, 15) is 18.0 Å². The van der Waals surface area contributed by atoms with Crippen LogP contribution < -0.4 is 10.6 Å². The summed E-state index contributed by atoms with van der Waals surface area (Å²) in [5.41, 5.74) is 1.23. The van der Waals surface area contributed by atoms with Gasteiger partial charge >= 0.3 is 0 Å². The molecule has 0 aliphatic rings. The molecule has 0 bridgehead atoms. The molecule has 122 valence electrons. The predicted octanol–water partition coefficient (Wildman–Crippen LogP) is 3.26. The summed E-state index contributed by atoms with van der Waals surface area (Å²) in [6.45, 7) is 2.02. The van der Waals surface area contributed by atoms with Gasteiger partial charge in [-0.15, -0.1) is 0 Å². The monoisotopic (exact) mass is 322 g/mol. The van der Waals surface area contributed by atoms with E-state index in [4.69, 9.17) is 0 Å². The summed E-state index contributed by atoms with van der Waals surface area (Å²) in [6, 6.07) is 8.80. The lowest BCUT2D eigenvalue weighted by atomic mass is 10.1. The van der Waals surface area contributed by atoms with E-state index < -0.39 is 17.7 Å². The Morgan fingerprint density at radius 2 is 1.74 bits per heavy atom. The molecule has 0 spiro atoms. The molecular formula is C17H17F3N2O. The number of anilines is 1. The number of carbonyl (C=O) groups is 1. The quantitative estimate of drug-likeness (QED) is 0.857. The molecule has 2 N–H and O–H groups in total. The molecule has 3 nitrogen and oxygen atoms in total. The molecule has 0 saturated carbocycles. The van der Waals surface area contributed by atoms with Crippen molar-refractivity contribution in [3.05, 3.63) is 65.5 Å². The lowest BCUT2D eigenvalue weighted by Crippen LogP contribution is -2.38. The van der Waals surface area contributed by atoms with Crippen molar-refractivity contribution in [1.82, 2.24) is 5.32 Å². The molecule has 0 aliphatic heterocycles. The van der Waals surface area contributed by atoms with Crippen molar-refractivity contribution < 1.29 is 18.0 Å². The average Bonchev–Trinajstić information content (AvgIpc) is 2.52. The normalized spacial score (nSPS) is 11.8. The number of carbonyl (C=O) groups excluding carboxylic acids is 1. The van der Waals surface area contributed by atoms with E-state index in [1.165, 1.54) is 18.2 Å². The summed E-state index contributed by atoms with van der Waals surface area (Å²) >= 11 is 0. The Bertz CT molecular complexity index is 674. The summed E-state index contributed by atoms with van der Waals surface area (Å²) in [5, 5.41) is 5.53. The van der Waals surface area contributed by atoms with Crippen molar-refractivity contribution in [3.63, 3.8) is 0 Å². The van der Waals surface area contributed by atoms with Gasteiger partial charge in [0.15, 0.2) is 11.6 Å². The number of rotatable bonds is 6.